The molecule has 0 spiro atoms. The number of nitrogens with one attached hydrogen (secondary N) is 1. The van der Waals surface area contributed by atoms with Gasteiger partial charge in [-0.3, -0.25) is 0 Å². The van der Waals surface area contributed by atoms with Gasteiger partial charge in [-0.2, -0.15) is 13.5 Å². The van der Waals surface area contributed by atoms with Crippen molar-refractivity contribution in [3.63, 3.8) is 0 Å². The molecule has 0 amide bonds. The van der Waals surface area contributed by atoms with Crippen LogP contribution in [-0.4, -0.2) is 42.0 Å². The Labute approximate surface area is 131 Å². The van der Waals surface area contributed by atoms with Crippen molar-refractivity contribution < 1.29 is 23.5 Å². The molecule has 24 heavy (non-hydrogen) atoms. The maximum absolute atomic E-state index is 12.6. The quantitative estimate of drug-likeness (QED) is 0.629. The Morgan fingerprint density at radius 1 is 1.33 bits per heavy atom. The number of nitrogens with zero attached hydrogens (tertiary/aromatic N) is 5. The van der Waals surface area contributed by atoms with Gasteiger partial charge in [-0.1, -0.05) is 11.2 Å². The van der Waals surface area contributed by atoms with Crippen LogP contribution in [0, 0.1) is 0 Å². The van der Waals surface area contributed by atoms with Gasteiger partial charge >= 0.3 is 12.3 Å². The van der Waals surface area contributed by atoms with Gasteiger partial charge in [0.2, 0.25) is 5.88 Å². The van der Waals surface area contributed by atoms with Crippen LogP contribution in [0.1, 0.15) is 5.56 Å². The van der Waals surface area contributed by atoms with Crippen LogP contribution in [0.3, 0.4) is 0 Å². The number of aromatic amines is 1. The lowest BCUT2D eigenvalue weighted by Gasteiger charge is -2.14. The van der Waals surface area contributed by atoms with Crippen LogP contribution in [0.4, 0.5) is 8.78 Å². The van der Waals surface area contributed by atoms with Crippen molar-refractivity contribution in [2.45, 2.75) is 13.2 Å². The fourth-order valence-corrected chi connectivity index (χ4v) is 1.98. The summed E-state index contributed by atoms with van der Waals surface area (Å²) in [6, 6.07) is 5.54. The minimum Gasteiger partial charge on any atom is -0.471 e. The Bertz CT molecular complexity index is 890. The number of ether oxygens (including phenoxy) is 2. The van der Waals surface area contributed by atoms with Gasteiger partial charge in [0.1, 0.15) is 12.4 Å². The minimum absolute atomic E-state index is 0.0443. The van der Waals surface area contributed by atoms with Gasteiger partial charge in [0.05, 0.1) is 17.4 Å². The Hall–Kier alpha value is -3.44. The van der Waals surface area contributed by atoms with Crippen LogP contribution in [0.2, 0.25) is 0 Å². The van der Waals surface area contributed by atoms with E-state index in [1.165, 1.54) is 30.5 Å². The molecule has 0 unspecified atom stereocenters. The van der Waals surface area contributed by atoms with Gasteiger partial charge in [-0.25, -0.2) is 9.89 Å². The normalized spacial score (nSPS) is 11.0. The van der Waals surface area contributed by atoms with E-state index >= 15 is 0 Å². The average Bonchev–Trinajstić information content (AvgIpc) is 3.13. The predicted octanol–water partition coefficient (Wildman–Crippen LogP) is 0.570. The molecular formula is C12H10F2N6O4. The number of alkyl halides is 2. The molecule has 0 fully saturated rings. The Kier molecular flexibility index (Phi) is 4.09. The van der Waals surface area contributed by atoms with Crippen molar-refractivity contribution in [2.24, 2.45) is 0 Å². The molecule has 1 aromatic carbocycles. The third-order valence-corrected chi connectivity index (χ3v) is 2.94. The third kappa shape index (κ3) is 3.16. The molecular weight excluding hydrogens is 330 g/mol. The van der Waals surface area contributed by atoms with Gasteiger partial charge in [0.25, 0.3) is 0 Å². The zero-order chi connectivity index (χ0) is 17.1. The molecule has 12 heteroatoms. The van der Waals surface area contributed by atoms with Crippen molar-refractivity contribution >= 4 is 0 Å². The van der Waals surface area contributed by atoms with Crippen LogP contribution in [-0.2, 0) is 6.61 Å². The van der Waals surface area contributed by atoms with E-state index in [4.69, 9.17) is 9.94 Å². The van der Waals surface area contributed by atoms with E-state index in [0.717, 1.165) is 4.68 Å². The summed E-state index contributed by atoms with van der Waals surface area (Å²) >= 11 is 0. The van der Waals surface area contributed by atoms with E-state index in [2.05, 4.69) is 25.4 Å². The van der Waals surface area contributed by atoms with Crippen molar-refractivity contribution in [3.05, 3.63) is 46.5 Å². The molecule has 0 aliphatic carbocycles. The lowest BCUT2D eigenvalue weighted by Crippen LogP contribution is -2.19. The molecule has 0 atom stereocenters. The highest BCUT2D eigenvalue weighted by Gasteiger charge is 2.18. The molecule has 2 N–H and O–H groups in total. The van der Waals surface area contributed by atoms with E-state index in [1.54, 1.807) is 0 Å². The van der Waals surface area contributed by atoms with Gasteiger partial charge in [-0.15, -0.1) is 4.85 Å². The van der Waals surface area contributed by atoms with Crippen LogP contribution >= 0.6 is 0 Å². The lowest BCUT2D eigenvalue weighted by atomic mass is 10.1. The molecule has 10 nitrogen and oxygen atoms in total. The smallest absolute Gasteiger partial charge is 0.387 e. The lowest BCUT2D eigenvalue weighted by molar-refractivity contribution is -0.0508. The van der Waals surface area contributed by atoms with Crippen LogP contribution < -0.4 is 15.2 Å². The second-order valence-corrected chi connectivity index (χ2v) is 4.41. The van der Waals surface area contributed by atoms with Gasteiger partial charge in [-0.05, 0) is 22.6 Å². The number of benzene rings is 1. The molecule has 126 valence electrons. The number of rotatable bonds is 6. The molecule has 3 rings (SSSR count). The van der Waals surface area contributed by atoms with Crippen molar-refractivity contribution in [1.29, 1.82) is 0 Å². The highest BCUT2D eigenvalue weighted by Crippen LogP contribution is 2.27. The monoisotopic (exact) mass is 340 g/mol. The van der Waals surface area contributed by atoms with Gasteiger partial charge < -0.3 is 14.7 Å². The summed E-state index contributed by atoms with van der Waals surface area (Å²) in [6.45, 7) is -3.33. The number of H-pyrrole nitrogens is 1. The Morgan fingerprint density at radius 3 is 2.79 bits per heavy atom. The maximum atomic E-state index is 12.6. The van der Waals surface area contributed by atoms with E-state index in [1.807, 2.05) is 0 Å². The van der Waals surface area contributed by atoms with Crippen LogP contribution in [0.5, 0.6) is 11.6 Å². The van der Waals surface area contributed by atoms with Crippen molar-refractivity contribution in [1.82, 2.24) is 30.2 Å². The molecule has 0 bridgehead atoms. The summed E-state index contributed by atoms with van der Waals surface area (Å²) in [4.78, 5) is 12.2. The SMILES string of the molecule is O=c1[nH]nnn1-c1cccc(OC(F)F)c1COc1ccn(O)n1. The van der Waals surface area contributed by atoms with Crippen molar-refractivity contribution in [3.8, 4) is 17.3 Å². The van der Waals surface area contributed by atoms with Gasteiger partial charge in [0.15, 0.2) is 0 Å². The number of tetrazole rings is 1. The zero-order valence-electron chi connectivity index (χ0n) is 11.8. The van der Waals surface area contributed by atoms with E-state index < -0.39 is 12.3 Å². The van der Waals surface area contributed by atoms with Crippen LogP contribution in [0.15, 0.2) is 35.3 Å². The standard InChI is InChI=1S/C12H10F2N6O4/c13-11(14)24-9-3-1-2-8(20-12(21)15-17-18-20)7(9)6-23-10-4-5-19(22)16-10/h1-5,11,22H,6H2,(H,15,18,21). The number of hydrogen-bond donors (Lipinski definition) is 2. The minimum atomic E-state index is -3.07. The second-order valence-electron chi connectivity index (χ2n) is 4.41. The summed E-state index contributed by atoms with van der Waals surface area (Å²) in [5.41, 5.74) is -0.387. The fourth-order valence-electron chi connectivity index (χ4n) is 1.98. The number of hydrogen-bond acceptors (Lipinski definition) is 7. The highest BCUT2D eigenvalue weighted by atomic mass is 19.3. The van der Waals surface area contributed by atoms with E-state index in [0.29, 0.717) is 4.85 Å². The highest BCUT2D eigenvalue weighted by molar-refractivity contribution is 5.49. The van der Waals surface area contributed by atoms with Gasteiger partial charge in [0, 0.05) is 6.07 Å². The number of aromatic nitrogens is 6. The topological polar surface area (TPSA) is 120 Å². The zero-order valence-corrected chi connectivity index (χ0v) is 11.8. The molecule has 0 radical (unpaired) electrons. The molecule has 3 aromatic rings. The third-order valence-electron chi connectivity index (χ3n) is 2.94. The second kappa shape index (κ2) is 6.36. The molecule has 2 aromatic heterocycles. The summed E-state index contributed by atoms with van der Waals surface area (Å²) in [5, 5.41) is 21.7. The first-order valence-electron chi connectivity index (χ1n) is 6.50. The van der Waals surface area contributed by atoms with E-state index in [-0.39, 0.29) is 29.5 Å². The summed E-state index contributed by atoms with van der Waals surface area (Å²) < 4.78 is 35.9. The van der Waals surface area contributed by atoms with Crippen molar-refractivity contribution in [2.75, 3.05) is 0 Å². The first kappa shape index (κ1) is 15.5. The summed E-state index contributed by atoms with van der Waals surface area (Å²) in [6.07, 6.45) is 1.22. The molecule has 0 saturated carbocycles. The summed E-state index contributed by atoms with van der Waals surface area (Å²) in [7, 11) is 0. The van der Waals surface area contributed by atoms with E-state index in [9.17, 15) is 13.6 Å². The van der Waals surface area contributed by atoms with Crippen LogP contribution in [0.25, 0.3) is 5.69 Å². The average molecular weight is 340 g/mol. The fraction of sp³-hybridized carbons (Fsp3) is 0.167. The largest absolute Gasteiger partial charge is 0.471 e. The molecule has 0 aliphatic rings. The first-order valence-corrected chi connectivity index (χ1v) is 6.50. The molecule has 0 saturated heterocycles. The predicted molar refractivity (Wildman–Crippen MR) is 72.4 cm³/mol. The summed E-state index contributed by atoms with van der Waals surface area (Å²) in [5.74, 6) is -0.149. The number of halogens is 2. The Morgan fingerprint density at radius 2 is 2.17 bits per heavy atom. The maximum Gasteiger partial charge on any atom is 0.387 e. The Balaban J connectivity index is 1.99. The molecule has 2 heterocycles. The molecule has 0 aliphatic heterocycles. The first-order chi connectivity index (χ1) is 11.5.